The number of hydrogen-bond acceptors (Lipinski definition) is 5. The minimum Gasteiger partial charge on any atom is -0.487 e. The summed E-state index contributed by atoms with van der Waals surface area (Å²) in [5.74, 6) is 1.30. The second kappa shape index (κ2) is 13.2. The van der Waals surface area contributed by atoms with Gasteiger partial charge in [-0.05, 0) is 98.3 Å². The van der Waals surface area contributed by atoms with E-state index in [4.69, 9.17) is 48.7 Å². The molecule has 3 aromatic carbocycles. The molecule has 0 aliphatic heterocycles. The molecule has 0 fully saturated rings. The van der Waals surface area contributed by atoms with Crippen molar-refractivity contribution < 1.29 is 18.7 Å². The van der Waals surface area contributed by atoms with Crippen LogP contribution in [0.15, 0.2) is 94.4 Å². The Kier molecular flexibility index (Phi) is 9.22. The molecule has 5 rings (SSSR count). The lowest BCUT2D eigenvalue weighted by molar-refractivity contribution is 0.0923. The van der Waals surface area contributed by atoms with E-state index in [9.17, 15) is 4.79 Å². The molecule has 0 aliphatic rings. The molecule has 214 valence electrons. The Bertz CT molecular complexity index is 1720. The van der Waals surface area contributed by atoms with E-state index in [2.05, 4.69) is 41.1 Å². The molecule has 2 aromatic heterocycles. The predicted molar refractivity (Wildman–Crippen MR) is 166 cm³/mol. The van der Waals surface area contributed by atoms with Gasteiger partial charge in [0, 0.05) is 32.7 Å². The van der Waals surface area contributed by atoms with Gasteiger partial charge in [0.25, 0.3) is 0 Å². The highest BCUT2D eigenvalue weighted by molar-refractivity contribution is 6.35. The van der Waals surface area contributed by atoms with Crippen LogP contribution in [0.1, 0.15) is 38.8 Å². The number of ether oxygens (including phenoxy) is 2. The number of hydrogen-bond donors (Lipinski definition) is 1. The average Bonchev–Trinajstić information content (AvgIpc) is 3.58. The molecule has 0 aliphatic carbocycles. The van der Waals surface area contributed by atoms with Crippen LogP contribution in [0.2, 0.25) is 15.1 Å². The van der Waals surface area contributed by atoms with E-state index < -0.39 is 5.91 Å². The highest BCUT2D eigenvalue weighted by Gasteiger charge is 2.12. The number of rotatable bonds is 10. The summed E-state index contributed by atoms with van der Waals surface area (Å²) in [5, 5.41) is 5.45. The van der Waals surface area contributed by atoms with Crippen molar-refractivity contribution in [3.05, 3.63) is 134 Å². The summed E-state index contributed by atoms with van der Waals surface area (Å²) in [5.41, 5.74) is 7.28. The molecule has 0 saturated carbocycles. The van der Waals surface area contributed by atoms with Crippen molar-refractivity contribution >= 4 is 46.9 Å². The Labute approximate surface area is 258 Å². The first kappa shape index (κ1) is 29.3. The van der Waals surface area contributed by atoms with E-state index in [0.717, 1.165) is 22.6 Å². The van der Waals surface area contributed by atoms with E-state index in [1.807, 2.05) is 24.3 Å². The highest BCUT2D eigenvalue weighted by Crippen LogP contribution is 2.28. The summed E-state index contributed by atoms with van der Waals surface area (Å²) < 4.78 is 19.4. The standard InChI is InChI=1S/C32H26Cl3N3O4/c1-20-3-4-21(2)38(20)25-8-10-26(11-9-25)40-19-27-12-14-31(42-27)32(39)37-36-17-22-5-13-30(29(35)15-22)41-18-23-6-7-24(33)16-28(23)34/h3-17H,18-19H2,1-2H3,(H,37,39)/b36-17+. The fourth-order valence-electron chi connectivity index (χ4n) is 4.23. The van der Waals surface area contributed by atoms with Crippen molar-refractivity contribution in [2.24, 2.45) is 5.10 Å². The monoisotopic (exact) mass is 621 g/mol. The van der Waals surface area contributed by atoms with Crippen LogP contribution >= 0.6 is 34.8 Å². The molecule has 2 heterocycles. The van der Waals surface area contributed by atoms with E-state index in [1.54, 1.807) is 48.5 Å². The highest BCUT2D eigenvalue weighted by atomic mass is 35.5. The number of nitrogens with zero attached hydrogens (tertiary/aromatic N) is 2. The molecule has 7 nitrogen and oxygen atoms in total. The smallest absolute Gasteiger partial charge is 0.307 e. The third kappa shape index (κ3) is 7.18. The Balaban J connectivity index is 1.11. The summed E-state index contributed by atoms with van der Waals surface area (Å²) in [7, 11) is 0. The van der Waals surface area contributed by atoms with Gasteiger partial charge in [-0.3, -0.25) is 4.79 Å². The van der Waals surface area contributed by atoms with Crippen LogP contribution in [-0.4, -0.2) is 16.7 Å². The van der Waals surface area contributed by atoms with Gasteiger partial charge in [-0.25, -0.2) is 5.43 Å². The molecule has 5 aromatic rings. The molecule has 0 spiro atoms. The van der Waals surface area contributed by atoms with Crippen LogP contribution in [0.4, 0.5) is 0 Å². The van der Waals surface area contributed by atoms with Crippen LogP contribution in [-0.2, 0) is 13.2 Å². The number of hydrazone groups is 1. The first-order valence-electron chi connectivity index (χ1n) is 12.9. The third-order valence-corrected chi connectivity index (χ3v) is 7.25. The summed E-state index contributed by atoms with van der Waals surface area (Å²) in [4.78, 5) is 12.5. The predicted octanol–water partition coefficient (Wildman–Crippen LogP) is 8.57. The van der Waals surface area contributed by atoms with Crippen molar-refractivity contribution in [2.75, 3.05) is 0 Å². The molecular weight excluding hydrogens is 597 g/mol. The number of aromatic nitrogens is 1. The number of aryl methyl sites for hydroxylation is 2. The first-order valence-corrected chi connectivity index (χ1v) is 14.1. The summed E-state index contributed by atoms with van der Waals surface area (Å²) in [6, 6.07) is 25.6. The van der Waals surface area contributed by atoms with E-state index in [1.165, 1.54) is 6.21 Å². The van der Waals surface area contributed by atoms with Gasteiger partial charge >= 0.3 is 5.91 Å². The zero-order valence-corrected chi connectivity index (χ0v) is 25.0. The topological polar surface area (TPSA) is 78.0 Å². The number of furan rings is 1. The average molecular weight is 623 g/mol. The molecule has 10 heteroatoms. The van der Waals surface area contributed by atoms with Crippen LogP contribution in [0.3, 0.4) is 0 Å². The van der Waals surface area contributed by atoms with Gasteiger partial charge in [0.15, 0.2) is 5.76 Å². The lowest BCUT2D eigenvalue weighted by atomic mass is 10.2. The molecule has 42 heavy (non-hydrogen) atoms. The molecule has 0 saturated heterocycles. The zero-order valence-electron chi connectivity index (χ0n) is 22.7. The Hall–Kier alpha value is -4.17. The van der Waals surface area contributed by atoms with Crippen molar-refractivity contribution in [3.63, 3.8) is 0 Å². The van der Waals surface area contributed by atoms with Crippen molar-refractivity contribution in [3.8, 4) is 17.2 Å². The lowest BCUT2D eigenvalue weighted by Crippen LogP contribution is -2.16. The number of halogens is 3. The number of benzene rings is 3. The van der Waals surface area contributed by atoms with E-state index in [-0.39, 0.29) is 19.0 Å². The number of nitrogens with one attached hydrogen (secondary N) is 1. The Morgan fingerprint density at radius 2 is 1.62 bits per heavy atom. The van der Waals surface area contributed by atoms with Crippen LogP contribution in [0.25, 0.3) is 5.69 Å². The maximum atomic E-state index is 12.5. The maximum absolute atomic E-state index is 12.5. The molecule has 0 unspecified atom stereocenters. The Morgan fingerprint density at radius 1 is 0.857 bits per heavy atom. The van der Waals surface area contributed by atoms with Crippen LogP contribution < -0.4 is 14.9 Å². The van der Waals surface area contributed by atoms with Crippen molar-refractivity contribution in [1.29, 1.82) is 0 Å². The fourth-order valence-corrected chi connectivity index (χ4v) is 4.93. The summed E-state index contributed by atoms with van der Waals surface area (Å²) >= 11 is 18.5. The van der Waals surface area contributed by atoms with Crippen molar-refractivity contribution in [1.82, 2.24) is 9.99 Å². The van der Waals surface area contributed by atoms with Crippen molar-refractivity contribution in [2.45, 2.75) is 27.1 Å². The zero-order chi connectivity index (χ0) is 29.6. The van der Waals surface area contributed by atoms with Crippen LogP contribution in [0.5, 0.6) is 11.5 Å². The van der Waals surface area contributed by atoms with Gasteiger partial charge in [0.2, 0.25) is 0 Å². The third-order valence-electron chi connectivity index (χ3n) is 6.37. The molecule has 1 amide bonds. The van der Waals surface area contributed by atoms with E-state index >= 15 is 0 Å². The molecule has 0 radical (unpaired) electrons. The van der Waals surface area contributed by atoms with Gasteiger partial charge in [-0.15, -0.1) is 0 Å². The normalized spacial score (nSPS) is 11.2. The summed E-state index contributed by atoms with van der Waals surface area (Å²) in [6.45, 7) is 4.54. The van der Waals surface area contributed by atoms with Gasteiger partial charge in [0.05, 0.1) is 11.2 Å². The SMILES string of the molecule is Cc1ccc(C)n1-c1ccc(OCc2ccc(C(=O)N/N=C/c3ccc(OCc4ccc(Cl)cc4Cl)c(Cl)c3)o2)cc1. The minimum absolute atomic E-state index is 0.113. The maximum Gasteiger partial charge on any atom is 0.307 e. The number of carbonyl (C=O) groups excluding carboxylic acids is 1. The number of amides is 1. The van der Waals surface area contributed by atoms with Gasteiger partial charge in [-0.2, -0.15) is 5.10 Å². The second-order valence-electron chi connectivity index (χ2n) is 9.41. The Morgan fingerprint density at radius 3 is 2.33 bits per heavy atom. The van der Waals surface area contributed by atoms with E-state index in [0.29, 0.717) is 37.9 Å². The fraction of sp³-hybridized carbons (Fsp3) is 0.125. The van der Waals surface area contributed by atoms with Gasteiger partial charge < -0.3 is 18.5 Å². The summed E-state index contributed by atoms with van der Waals surface area (Å²) in [6.07, 6.45) is 1.47. The molecule has 1 N–H and O–H groups in total. The van der Waals surface area contributed by atoms with Gasteiger partial charge in [-0.1, -0.05) is 40.9 Å². The number of carbonyl (C=O) groups is 1. The minimum atomic E-state index is -0.495. The first-order chi connectivity index (χ1) is 20.3. The largest absolute Gasteiger partial charge is 0.487 e. The lowest BCUT2D eigenvalue weighted by Gasteiger charge is -2.10. The molecule has 0 bridgehead atoms. The molecular formula is C32H26Cl3N3O4. The molecule has 0 atom stereocenters. The quantitative estimate of drug-likeness (QED) is 0.125. The van der Waals surface area contributed by atoms with Gasteiger partial charge in [0.1, 0.15) is 30.5 Å². The second-order valence-corrected chi connectivity index (χ2v) is 10.7. The van der Waals surface area contributed by atoms with Crippen LogP contribution in [0, 0.1) is 13.8 Å².